The van der Waals surface area contributed by atoms with Crippen molar-refractivity contribution in [3.8, 4) is 5.75 Å². The van der Waals surface area contributed by atoms with Gasteiger partial charge in [0.15, 0.2) is 0 Å². The molecule has 3 aromatic carbocycles. The number of benzene rings is 3. The van der Waals surface area contributed by atoms with E-state index in [-0.39, 0.29) is 18.5 Å². The van der Waals surface area contributed by atoms with E-state index < -0.39 is 0 Å². The molecule has 4 nitrogen and oxygen atoms in total. The molecule has 0 saturated carbocycles. The van der Waals surface area contributed by atoms with Gasteiger partial charge in [-0.25, -0.2) is 0 Å². The van der Waals surface area contributed by atoms with E-state index in [4.69, 9.17) is 4.74 Å². The van der Waals surface area contributed by atoms with Crippen LogP contribution in [0.4, 0.5) is 5.69 Å². The van der Waals surface area contributed by atoms with Gasteiger partial charge in [-0.05, 0) is 63.5 Å². The number of anilines is 1. The maximum Gasteiger partial charge on any atom is 0.238 e. The van der Waals surface area contributed by atoms with Crippen LogP contribution in [0.3, 0.4) is 0 Å². The summed E-state index contributed by atoms with van der Waals surface area (Å²) in [7, 11) is 1.64. The van der Waals surface area contributed by atoms with Crippen molar-refractivity contribution >= 4 is 38.3 Å². The van der Waals surface area contributed by atoms with Crippen LogP contribution in [-0.4, -0.2) is 19.6 Å². The average Bonchev–Trinajstić information content (AvgIpc) is 2.66. The van der Waals surface area contributed by atoms with Gasteiger partial charge in [0.25, 0.3) is 0 Å². The van der Waals surface area contributed by atoms with Crippen molar-refractivity contribution in [3.05, 3.63) is 70.7 Å². The molecule has 26 heavy (non-hydrogen) atoms. The summed E-state index contributed by atoms with van der Waals surface area (Å²) in [5.74, 6) is 0.717. The van der Waals surface area contributed by atoms with Crippen molar-refractivity contribution < 1.29 is 9.53 Å². The SMILES string of the molecule is COc1ccc([C@H](C)NCC(=O)Nc2ccc3ccccc3c2)cc1Br. The average molecular weight is 413 g/mol. The number of carbonyl (C=O) groups excluding carboxylic acids is 1. The third-order valence-electron chi connectivity index (χ3n) is 4.28. The fourth-order valence-corrected chi connectivity index (χ4v) is 3.35. The molecular formula is C21H21BrN2O2. The molecule has 134 valence electrons. The molecule has 1 amide bonds. The Bertz CT molecular complexity index is 927. The summed E-state index contributed by atoms with van der Waals surface area (Å²) in [6.45, 7) is 2.26. The molecular weight excluding hydrogens is 392 g/mol. The van der Waals surface area contributed by atoms with Crippen LogP contribution >= 0.6 is 15.9 Å². The highest BCUT2D eigenvalue weighted by Crippen LogP contribution is 2.28. The Morgan fingerprint density at radius 3 is 2.58 bits per heavy atom. The Balaban J connectivity index is 1.58. The number of rotatable bonds is 6. The fourth-order valence-electron chi connectivity index (χ4n) is 2.79. The van der Waals surface area contributed by atoms with Crippen LogP contribution in [0, 0.1) is 0 Å². The molecule has 0 aliphatic carbocycles. The van der Waals surface area contributed by atoms with Crippen LogP contribution in [0.2, 0.25) is 0 Å². The lowest BCUT2D eigenvalue weighted by atomic mass is 10.1. The molecule has 0 aliphatic heterocycles. The van der Waals surface area contributed by atoms with Crippen LogP contribution in [0.15, 0.2) is 65.1 Å². The summed E-state index contributed by atoms with van der Waals surface area (Å²) in [5.41, 5.74) is 1.88. The van der Waals surface area contributed by atoms with Gasteiger partial charge in [0, 0.05) is 11.7 Å². The van der Waals surface area contributed by atoms with Crippen LogP contribution < -0.4 is 15.4 Å². The van der Waals surface area contributed by atoms with Crippen molar-refractivity contribution in [2.45, 2.75) is 13.0 Å². The number of hydrogen-bond acceptors (Lipinski definition) is 3. The number of halogens is 1. The number of hydrogen-bond donors (Lipinski definition) is 2. The van der Waals surface area contributed by atoms with Gasteiger partial charge in [-0.3, -0.25) is 4.79 Å². The summed E-state index contributed by atoms with van der Waals surface area (Å²) < 4.78 is 6.14. The quantitative estimate of drug-likeness (QED) is 0.605. The van der Waals surface area contributed by atoms with Gasteiger partial charge in [0.05, 0.1) is 18.1 Å². The summed E-state index contributed by atoms with van der Waals surface area (Å²) in [6.07, 6.45) is 0. The first-order valence-electron chi connectivity index (χ1n) is 8.42. The second kappa shape index (κ2) is 8.34. The van der Waals surface area contributed by atoms with E-state index in [1.54, 1.807) is 7.11 Å². The van der Waals surface area contributed by atoms with Gasteiger partial charge < -0.3 is 15.4 Å². The smallest absolute Gasteiger partial charge is 0.238 e. The molecule has 0 aromatic heterocycles. The first-order chi connectivity index (χ1) is 12.6. The molecule has 3 aromatic rings. The van der Waals surface area contributed by atoms with Crippen molar-refractivity contribution in [2.24, 2.45) is 0 Å². The van der Waals surface area contributed by atoms with Gasteiger partial charge in [-0.2, -0.15) is 0 Å². The summed E-state index contributed by atoms with van der Waals surface area (Å²) >= 11 is 3.49. The van der Waals surface area contributed by atoms with Crippen molar-refractivity contribution in [1.29, 1.82) is 0 Å². The van der Waals surface area contributed by atoms with E-state index in [0.29, 0.717) is 0 Å². The lowest BCUT2D eigenvalue weighted by Crippen LogP contribution is -2.30. The van der Waals surface area contributed by atoms with Crippen molar-refractivity contribution in [3.63, 3.8) is 0 Å². The minimum absolute atomic E-state index is 0.0413. The summed E-state index contributed by atoms with van der Waals surface area (Å²) in [6, 6.07) is 19.9. The Hall–Kier alpha value is -2.37. The van der Waals surface area contributed by atoms with Gasteiger partial charge in [0.2, 0.25) is 5.91 Å². The molecule has 5 heteroatoms. The molecule has 0 radical (unpaired) electrons. The maximum absolute atomic E-state index is 12.2. The molecule has 3 rings (SSSR count). The Kier molecular flexibility index (Phi) is 5.91. The monoisotopic (exact) mass is 412 g/mol. The Morgan fingerprint density at radius 1 is 1.08 bits per heavy atom. The molecule has 2 N–H and O–H groups in total. The largest absolute Gasteiger partial charge is 0.496 e. The normalized spacial score (nSPS) is 12.0. The highest BCUT2D eigenvalue weighted by molar-refractivity contribution is 9.10. The zero-order chi connectivity index (χ0) is 18.5. The zero-order valence-corrected chi connectivity index (χ0v) is 16.3. The third-order valence-corrected chi connectivity index (χ3v) is 4.90. The molecule has 0 unspecified atom stereocenters. The van der Waals surface area contributed by atoms with Crippen LogP contribution in [0.1, 0.15) is 18.5 Å². The van der Waals surface area contributed by atoms with E-state index in [9.17, 15) is 4.79 Å². The first-order valence-corrected chi connectivity index (χ1v) is 9.21. The predicted octanol–water partition coefficient (Wildman–Crippen LogP) is 4.90. The van der Waals surface area contributed by atoms with E-state index in [1.165, 1.54) is 0 Å². The topological polar surface area (TPSA) is 50.4 Å². The lowest BCUT2D eigenvalue weighted by molar-refractivity contribution is -0.115. The summed E-state index contributed by atoms with van der Waals surface area (Å²) in [4.78, 5) is 12.2. The van der Waals surface area contributed by atoms with Gasteiger partial charge in [0.1, 0.15) is 5.75 Å². The Labute approximate surface area is 161 Å². The molecule has 0 fully saturated rings. The standard InChI is InChI=1S/C21H21BrN2O2/c1-14(16-8-10-20(26-2)19(22)12-16)23-13-21(25)24-18-9-7-15-5-3-4-6-17(15)11-18/h3-12,14,23H,13H2,1-2H3,(H,24,25)/t14-/m0/s1. The first kappa shape index (κ1) is 18.4. The number of ether oxygens (including phenoxy) is 1. The fraction of sp³-hybridized carbons (Fsp3) is 0.190. The number of carbonyl (C=O) groups is 1. The van der Waals surface area contributed by atoms with E-state index in [2.05, 4.69) is 32.6 Å². The minimum Gasteiger partial charge on any atom is -0.496 e. The molecule has 0 spiro atoms. The van der Waals surface area contributed by atoms with Crippen LogP contribution in [0.25, 0.3) is 10.8 Å². The van der Waals surface area contributed by atoms with E-state index >= 15 is 0 Å². The van der Waals surface area contributed by atoms with E-state index in [1.807, 2.05) is 61.5 Å². The van der Waals surface area contributed by atoms with Crippen LogP contribution in [0.5, 0.6) is 5.75 Å². The Morgan fingerprint density at radius 2 is 1.85 bits per heavy atom. The molecule has 1 atom stereocenters. The second-order valence-corrected chi connectivity index (χ2v) is 6.96. The third kappa shape index (κ3) is 4.42. The minimum atomic E-state index is -0.0697. The maximum atomic E-state index is 12.2. The number of nitrogens with one attached hydrogen (secondary N) is 2. The molecule has 0 saturated heterocycles. The zero-order valence-electron chi connectivity index (χ0n) is 14.8. The lowest BCUT2D eigenvalue weighted by Gasteiger charge is -2.15. The van der Waals surface area contributed by atoms with Gasteiger partial charge in [-0.1, -0.05) is 36.4 Å². The second-order valence-electron chi connectivity index (χ2n) is 6.11. The van der Waals surface area contributed by atoms with Gasteiger partial charge in [-0.15, -0.1) is 0 Å². The van der Waals surface area contributed by atoms with Gasteiger partial charge >= 0.3 is 0 Å². The van der Waals surface area contributed by atoms with Crippen LogP contribution in [-0.2, 0) is 4.79 Å². The van der Waals surface area contributed by atoms with Crippen molar-refractivity contribution in [2.75, 3.05) is 19.0 Å². The number of fused-ring (bicyclic) bond motifs is 1. The highest BCUT2D eigenvalue weighted by atomic mass is 79.9. The van der Waals surface area contributed by atoms with E-state index in [0.717, 1.165) is 32.2 Å². The summed E-state index contributed by atoms with van der Waals surface area (Å²) in [5, 5.41) is 8.45. The molecule has 0 aliphatic rings. The number of methoxy groups -OCH3 is 1. The van der Waals surface area contributed by atoms with Crippen molar-refractivity contribution in [1.82, 2.24) is 5.32 Å². The molecule has 0 bridgehead atoms. The molecule has 0 heterocycles. The highest BCUT2D eigenvalue weighted by Gasteiger charge is 2.10. The predicted molar refractivity (Wildman–Crippen MR) is 110 cm³/mol. The number of amides is 1.